The molecule has 0 aliphatic rings. The highest BCUT2D eigenvalue weighted by molar-refractivity contribution is 6.09. The first-order chi connectivity index (χ1) is 15.5. The van der Waals surface area contributed by atoms with Gasteiger partial charge in [0.2, 0.25) is 5.88 Å². The lowest BCUT2D eigenvalue weighted by molar-refractivity contribution is 0.102. The molecule has 0 bridgehead atoms. The van der Waals surface area contributed by atoms with Crippen molar-refractivity contribution in [2.24, 2.45) is 0 Å². The van der Waals surface area contributed by atoms with Gasteiger partial charge in [-0.2, -0.15) is 0 Å². The van der Waals surface area contributed by atoms with Gasteiger partial charge < -0.3 is 19.5 Å². The molecule has 1 aromatic carbocycles. The Bertz CT molecular complexity index is 1250. The van der Waals surface area contributed by atoms with E-state index in [0.29, 0.717) is 34.3 Å². The number of carbonyl (C=O) groups excluding carboxylic acids is 1. The van der Waals surface area contributed by atoms with E-state index in [9.17, 15) is 4.79 Å². The van der Waals surface area contributed by atoms with Crippen LogP contribution < -0.4 is 15.0 Å². The molecule has 8 heteroatoms. The van der Waals surface area contributed by atoms with Gasteiger partial charge in [-0.3, -0.25) is 4.79 Å². The molecule has 0 aliphatic heterocycles. The van der Waals surface area contributed by atoms with Crippen LogP contribution in [0.2, 0.25) is 0 Å². The molecule has 0 aliphatic carbocycles. The highest BCUT2D eigenvalue weighted by Gasteiger charge is 2.23. The largest absolute Gasteiger partial charge is 0.479 e. The van der Waals surface area contributed by atoms with Crippen molar-refractivity contribution in [2.75, 3.05) is 31.4 Å². The van der Waals surface area contributed by atoms with E-state index in [-0.39, 0.29) is 5.91 Å². The molecule has 32 heavy (non-hydrogen) atoms. The Morgan fingerprint density at radius 2 is 1.84 bits per heavy atom. The lowest BCUT2D eigenvalue weighted by Crippen LogP contribution is -2.14. The van der Waals surface area contributed by atoms with Crippen LogP contribution in [0.1, 0.15) is 16.1 Å². The molecule has 0 unspecified atom stereocenters. The van der Waals surface area contributed by atoms with Crippen molar-refractivity contribution in [3.8, 4) is 28.4 Å². The molecule has 0 fully saturated rings. The number of aromatic nitrogens is 3. The van der Waals surface area contributed by atoms with E-state index in [1.54, 1.807) is 19.2 Å². The zero-order valence-electron chi connectivity index (χ0n) is 18.3. The van der Waals surface area contributed by atoms with E-state index in [0.717, 1.165) is 16.9 Å². The number of pyridine rings is 2. The molecule has 1 N–H and O–H groups in total. The Balaban J connectivity index is 1.64. The van der Waals surface area contributed by atoms with Crippen LogP contribution in [-0.4, -0.2) is 42.2 Å². The van der Waals surface area contributed by atoms with Crippen LogP contribution in [0.5, 0.6) is 5.88 Å². The van der Waals surface area contributed by atoms with Crippen LogP contribution in [-0.2, 0) is 0 Å². The maximum Gasteiger partial charge on any atom is 0.261 e. The summed E-state index contributed by atoms with van der Waals surface area (Å²) in [5.41, 5.74) is 3.69. The van der Waals surface area contributed by atoms with Gasteiger partial charge in [-0.25, -0.2) is 9.97 Å². The second-order valence-electron chi connectivity index (χ2n) is 7.33. The highest BCUT2D eigenvalue weighted by atomic mass is 16.5. The molecule has 0 spiro atoms. The van der Waals surface area contributed by atoms with Gasteiger partial charge in [0.15, 0.2) is 0 Å². The van der Waals surface area contributed by atoms with E-state index in [1.807, 2.05) is 67.5 Å². The van der Waals surface area contributed by atoms with Crippen LogP contribution in [0.15, 0.2) is 65.3 Å². The summed E-state index contributed by atoms with van der Waals surface area (Å²) >= 11 is 0. The molecule has 8 nitrogen and oxygen atoms in total. The fourth-order valence-corrected chi connectivity index (χ4v) is 3.29. The topological polar surface area (TPSA) is 93.4 Å². The molecule has 0 atom stereocenters. The summed E-state index contributed by atoms with van der Waals surface area (Å²) in [6, 6.07) is 16.8. The van der Waals surface area contributed by atoms with E-state index in [2.05, 4.69) is 20.4 Å². The first-order valence-corrected chi connectivity index (χ1v) is 9.99. The number of nitrogens with one attached hydrogen (secondary N) is 1. The highest BCUT2D eigenvalue weighted by Crippen LogP contribution is 2.30. The smallest absolute Gasteiger partial charge is 0.261 e. The van der Waals surface area contributed by atoms with Crippen molar-refractivity contribution in [2.45, 2.75) is 6.92 Å². The number of nitrogens with zero attached hydrogens (tertiary/aromatic N) is 4. The summed E-state index contributed by atoms with van der Waals surface area (Å²) in [7, 11) is 5.37. The predicted octanol–water partition coefficient (Wildman–Crippen LogP) is 4.43. The molecular formula is C24H23N5O3. The minimum Gasteiger partial charge on any atom is -0.479 e. The number of ether oxygens (including phenoxy) is 1. The van der Waals surface area contributed by atoms with Gasteiger partial charge in [0, 0.05) is 31.4 Å². The third-order valence-electron chi connectivity index (χ3n) is 4.94. The van der Waals surface area contributed by atoms with Crippen molar-refractivity contribution < 1.29 is 14.1 Å². The third kappa shape index (κ3) is 4.15. The van der Waals surface area contributed by atoms with Crippen molar-refractivity contribution in [3.63, 3.8) is 0 Å². The minimum atomic E-state index is -0.353. The minimum absolute atomic E-state index is 0.300. The van der Waals surface area contributed by atoms with E-state index < -0.39 is 0 Å². The predicted molar refractivity (Wildman–Crippen MR) is 123 cm³/mol. The molecule has 3 heterocycles. The molecule has 1 amide bonds. The van der Waals surface area contributed by atoms with E-state index >= 15 is 0 Å². The summed E-state index contributed by atoms with van der Waals surface area (Å²) in [5, 5.41) is 6.95. The Morgan fingerprint density at radius 1 is 1.06 bits per heavy atom. The number of anilines is 2. The van der Waals surface area contributed by atoms with Crippen LogP contribution in [0, 0.1) is 6.92 Å². The van der Waals surface area contributed by atoms with Crippen LogP contribution >= 0.6 is 0 Å². The SMILES string of the molecule is COc1nc(-c2ccnc(N(C)C)c2)ccc1NC(=O)c1c(-c2ccccc2)noc1C. The van der Waals surface area contributed by atoms with Crippen molar-refractivity contribution in [3.05, 3.63) is 72.1 Å². The Hall–Kier alpha value is -4.20. The maximum atomic E-state index is 13.1. The number of hydrogen-bond acceptors (Lipinski definition) is 7. The van der Waals surface area contributed by atoms with E-state index in [4.69, 9.17) is 9.26 Å². The first-order valence-electron chi connectivity index (χ1n) is 9.99. The average Bonchev–Trinajstić information content (AvgIpc) is 3.21. The molecule has 4 aromatic rings. The molecule has 4 rings (SSSR count). The van der Waals surface area contributed by atoms with Gasteiger partial charge >= 0.3 is 0 Å². The van der Waals surface area contributed by atoms with Crippen LogP contribution in [0.25, 0.3) is 22.5 Å². The molecule has 3 aromatic heterocycles. The lowest BCUT2D eigenvalue weighted by atomic mass is 10.1. The summed E-state index contributed by atoms with van der Waals surface area (Å²) in [6.07, 6.45) is 1.73. The van der Waals surface area contributed by atoms with Gasteiger partial charge in [0.1, 0.15) is 28.5 Å². The van der Waals surface area contributed by atoms with Crippen molar-refractivity contribution in [1.29, 1.82) is 0 Å². The molecule has 0 saturated heterocycles. The third-order valence-corrected chi connectivity index (χ3v) is 4.94. The summed E-state index contributed by atoms with van der Waals surface area (Å²) in [4.78, 5) is 23.9. The first kappa shape index (κ1) is 21.0. The van der Waals surface area contributed by atoms with Gasteiger partial charge in [-0.05, 0) is 31.2 Å². The number of aryl methyl sites for hydroxylation is 1. The average molecular weight is 429 g/mol. The second kappa shape index (κ2) is 8.89. The molecule has 0 radical (unpaired) electrons. The van der Waals surface area contributed by atoms with Crippen LogP contribution in [0.3, 0.4) is 0 Å². The van der Waals surface area contributed by atoms with Crippen molar-refractivity contribution in [1.82, 2.24) is 15.1 Å². The number of benzene rings is 1. The van der Waals surface area contributed by atoms with Gasteiger partial charge in [-0.15, -0.1) is 0 Å². The van der Waals surface area contributed by atoms with Gasteiger partial charge in [0.25, 0.3) is 5.91 Å². The summed E-state index contributed by atoms with van der Waals surface area (Å²) < 4.78 is 10.8. The lowest BCUT2D eigenvalue weighted by Gasteiger charge is -2.13. The Kier molecular flexibility index (Phi) is 5.85. The fraction of sp³-hybridized carbons (Fsp3) is 0.167. The van der Waals surface area contributed by atoms with Gasteiger partial charge in [-0.1, -0.05) is 35.5 Å². The van der Waals surface area contributed by atoms with Gasteiger partial charge in [0.05, 0.1) is 12.8 Å². The summed E-state index contributed by atoms with van der Waals surface area (Å²) in [6.45, 7) is 1.71. The number of carbonyl (C=O) groups is 1. The normalized spacial score (nSPS) is 10.6. The summed E-state index contributed by atoms with van der Waals surface area (Å²) in [5.74, 6) is 1.19. The number of hydrogen-bond donors (Lipinski definition) is 1. The second-order valence-corrected chi connectivity index (χ2v) is 7.33. The molecule has 0 saturated carbocycles. The molecule has 162 valence electrons. The quantitative estimate of drug-likeness (QED) is 0.484. The molecular weight excluding hydrogens is 406 g/mol. The number of methoxy groups -OCH3 is 1. The zero-order chi connectivity index (χ0) is 22.7. The Labute approximate surface area is 185 Å². The zero-order valence-corrected chi connectivity index (χ0v) is 18.3. The van der Waals surface area contributed by atoms with Crippen molar-refractivity contribution >= 4 is 17.4 Å². The fourth-order valence-electron chi connectivity index (χ4n) is 3.29. The monoisotopic (exact) mass is 429 g/mol. The maximum absolute atomic E-state index is 13.1. The Morgan fingerprint density at radius 3 is 2.56 bits per heavy atom. The van der Waals surface area contributed by atoms with E-state index in [1.165, 1.54) is 7.11 Å². The standard InChI is InChI=1S/C24H23N5O3/c1-15-21(22(28-32-15)16-8-6-5-7-9-16)23(30)26-19-11-10-18(27-24(19)31-4)17-12-13-25-20(14-17)29(2)3/h5-14H,1-4H3,(H,26,30). The van der Waals surface area contributed by atoms with Crippen LogP contribution in [0.4, 0.5) is 11.5 Å². The number of amides is 1. The number of rotatable bonds is 6.